The number of hydrogen-bond acceptors (Lipinski definition) is 3. The number of hydrogen-bond donors (Lipinski definition) is 2. The first kappa shape index (κ1) is 16.4. The standard InChI is InChI=1S/C15H22N2O2S2/c1-11-6-8-13(9-7-11)17-21(18,19)10-12-4-2-3-5-14(12)15(16)20/h2-5,11,13,17H,6-10H2,1H3,(H2,16,20). The van der Waals surface area contributed by atoms with Gasteiger partial charge in [-0.1, -0.05) is 43.4 Å². The Hall–Kier alpha value is -0.980. The maximum atomic E-state index is 12.3. The molecule has 0 saturated heterocycles. The SMILES string of the molecule is CC1CCC(NS(=O)(=O)Cc2ccccc2C(N)=S)CC1. The molecule has 0 spiro atoms. The lowest BCUT2D eigenvalue weighted by Crippen LogP contribution is -2.38. The molecule has 116 valence electrons. The van der Waals surface area contributed by atoms with E-state index in [2.05, 4.69) is 11.6 Å². The second-order valence-corrected chi connectivity index (χ2v) is 8.05. The zero-order chi connectivity index (χ0) is 15.5. The van der Waals surface area contributed by atoms with Gasteiger partial charge in [-0.25, -0.2) is 13.1 Å². The molecule has 0 aliphatic heterocycles. The molecule has 0 bridgehead atoms. The van der Waals surface area contributed by atoms with Crippen molar-refractivity contribution < 1.29 is 8.42 Å². The Labute approximate surface area is 132 Å². The van der Waals surface area contributed by atoms with Gasteiger partial charge in [0.1, 0.15) is 4.99 Å². The van der Waals surface area contributed by atoms with Crippen LogP contribution in [0.3, 0.4) is 0 Å². The summed E-state index contributed by atoms with van der Waals surface area (Å²) in [6, 6.07) is 7.19. The molecule has 6 heteroatoms. The number of thiocarbonyl (C=S) groups is 1. The molecular weight excluding hydrogens is 304 g/mol. The van der Waals surface area contributed by atoms with Crippen LogP contribution in [0.15, 0.2) is 24.3 Å². The fourth-order valence-electron chi connectivity index (χ4n) is 2.76. The predicted molar refractivity (Wildman–Crippen MR) is 89.5 cm³/mol. The number of nitrogens with two attached hydrogens (primary N) is 1. The van der Waals surface area contributed by atoms with E-state index >= 15 is 0 Å². The largest absolute Gasteiger partial charge is 0.389 e. The van der Waals surface area contributed by atoms with Crippen molar-refractivity contribution in [3.05, 3.63) is 35.4 Å². The van der Waals surface area contributed by atoms with Crippen molar-refractivity contribution in [1.82, 2.24) is 4.72 Å². The number of benzene rings is 1. The van der Waals surface area contributed by atoms with Crippen molar-refractivity contribution in [2.75, 3.05) is 0 Å². The summed E-state index contributed by atoms with van der Waals surface area (Å²) in [6.45, 7) is 2.21. The van der Waals surface area contributed by atoms with Gasteiger partial charge in [-0.3, -0.25) is 0 Å². The van der Waals surface area contributed by atoms with Crippen molar-refractivity contribution in [2.45, 2.75) is 44.4 Å². The lowest BCUT2D eigenvalue weighted by molar-refractivity contribution is 0.332. The Morgan fingerprint density at radius 1 is 1.29 bits per heavy atom. The van der Waals surface area contributed by atoms with Crippen LogP contribution in [0.25, 0.3) is 0 Å². The Morgan fingerprint density at radius 2 is 1.90 bits per heavy atom. The Morgan fingerprint density at radius 3 is 2.52 bits per heavy atom. The van der Waals surface area contributed by atoms with Gasteiger partial charge in [0, 0.05) is 11.6 Å². The van der Waals surface area contributed by atoms with E-state index in [1.54, 1.807) is 24.3 Å². The zero-order valence-corrected chi connectivity index (χ0v) is 13.8. The first-order valence-electron chi connectivity index (χ1n) is 7.25. The molecule has 21 heavy (non-hydrogen) atoms. The molecule has 0 unspecified atom stereocenters. The number of sulfonamides is 1. The highest BCUT2D eigenvalue weighted by Crippen LogP contribution is 2.24. The molecule has 3 N–H and O–H groups in total. The molecule has 2 rings (SSSR count). The van der Waals surface area contributed by atoms with Gasteiger partial charge in [0.2, 0.25) is 10.0 Å². The molecule has 1 saturated carbocycles. The third-order valence-corrected chi connectivity index (χ3v) is 5.59. The molecule has 1 aliphatic rings. The van der Waals surface area contributed by atoms with Gasteiger partial charge in [-0.05, 0) is 37.2 Å². The third kappa shape index (κ3) is 4.76. The summed E-state index contributed by atoms with van der Waals surface area (Å²) in [4.78, 5) is 0.229. The van der Waals surface area contributed by atoms with Gasteiger partial charge >= 0.3 is 0 Å². The minimum Gasteiger partial charge on any atom is -0.389 e. The van der Waals surface area contributed by atoms with E-state index in [4.69, 9.17) is 18.0 Å². The van der Waals surface area contributed by atoms with E-state index in [0.717, 1.165) is 25.7 Å². The van der Waals surface area contributed by atoms with E-state index in [0.29, 0.717) is 17.0 Å². The quantitative estimate of drug-likeness (QED) is 0.815. The van der Waals surface area contributed by atoms with Gasteiger partial charge in [-0.2, -0.15) is 0 Å². The highest BCUT2D eigenvalue weighted by molar-refractivity contribution is 7.88. The topological polar surface area (TPSA) is 72.2 Å². The molecule has 1 aromatic rings. The fraction of sp³-hybridized carbons (Fsp3) is 0.533. The number of rotatable bonds is 5. The second-order valence-electron chi connectivity index (χ2n) is 5.86. The smallest absolute Gasteiger partial charge is 0.216 e. The Bertz CT molecular complexity index is 606. The summed E-state index contributed by atoms with van der Waals surface area (Å²) in [7, 11) is -3.37. The van der Waals surface area contributed by atoms with Crippen molar-refractivity contribution in [3.63, 3.8) is 0 Å². The van der Waals surface area contributed by atoms with E-state index in [9.17, 15) is 8.42 Å². The van der Waals surface area contributed by atoms with Crippen LogP contribution in [-0.2, 0) is 15.8 Å². The monoisotopic (exact) mass is 326 g/mol. The average molecular weight is 326 g/mol. The summed E-state index contributed by atoms with van der Waals surface area (Å²) < 4.78 is 27.5. The zero-order valence-electron chi connectivity index (χ0n) is 12.2. The van der Waals surface area contributed by atoms with Gasteiger partial charge in [0.25, 0.3) is 0 Å². The highest BCUT2D eigenvalue weighted by Gasteiger charge is 2.23. The van der Waals surface area contributed by atoms with Crippen LogP contribution in [0.1, 0.15) is 43.7 Å². The van der Waals surface area contributed by atoms with Crippen LogP contribution < -0.4 is 10.5 Å². The Kier molecular flexibility index (Phi) is 5.35. The Balaban J connectivity index is 2.06. The van der Waals surface area contributed by atoms with Gasteiger partial charge in [0.15, 0.2) is 0 Å². The maximum absolute atomic E-state index is 12.3. The second kappa shape index (κ2) is 6.85. The normalized spacial score (nSPS) is 22.9. The molecule has 1 aromatic carbocycles. The minimum atomic E-state index is -3.37. The van der Waals surface area contributed by atoms with Crippen LogP contribution in [0.2, 0.25) is 0 Å². The van der Waals surface area contributed by atoms with Crippen LogP contribution in [-0.4, -0.2) is 19.4 Å². The van der Waals surface area contributed by atoms with E-state index in [1.807, 2.05) is 0 Å². The van der Waals surface area contributed by atoms with Crippen LogP contribution in [0.4, 0.5) is 0 Å². The minimum absolute atomic E-state index is 0.0585. The van der Waals surface area contributed by atoms with Crippen molar-refractivity contribution in [2.24, 2.45) is 11.7 Å². The lowest BCUT2D eigenvalue weighted by atomic mass is 9.88. The van der Waals surface area contributed by atoms with Gasteiger partial charge in [-0.15, -0.1) is 0 Å². The van der Waals surface area contributed by atoms with Crippen LogP contribution in [0, 0.1) is 5.92 Å². The molecule has 0 amide bonds. The van der Waals surface area contributed by atoms with Crippen molar-refractivity contribution in [3.8, 4) is 0 Å². The summed E-state index contributed by atoms with van der Waals surface area (Å²) in [6.07, 6.45) is 3.99. The molecule has 1 fully saturated rings. The highest BCUT2D eigenvalue weighted by atomic mass is 32.2. The third-order valence-electron chi connectivity index (χ3n) is 3.99. The molecular formula is C15H22N2O2S2. The van der Waals surface area contributed by atoms with Crippen LogP contribution >= 0.6 is 12.2 Å². The lowest BCUT2D eigenvalue weighted by Gasteiger charge is -2.26. The number of nitrogens with one attached hydrogen (secondary N) is 1. The first-order valence-corrected chi connectivity index (χ1v) is 9.31. The average Bonchev–Trinajstić information content (AvgIpc) is 2.41. The summed E-state index contributed by atoms with van der Waals surface area (Å²) in [5, 5.41) is 0. The summed E-state index contributed by atoms with van der Waals surface area (Å²) >= 11 is 4.98. The fourth-order valence-corrected chi connectivity index (χ4v) is 4.45. The van der Waals surface area contributed by atoms with Crippen molar-refractivity contribution in [1.29, 1.82) is 0 Å². The van der Waals surface area contributed by atoms with Crippen LogP contribution in [0.5, 0.6) is 0 Å². The summed E-state index contributed by atoms with van der Waals surface area (Å²) in [5.74, 6) is 0.619. The van der Waals surface area contributed by atoms with E-state index in [1.165, 1.54) is 0 Å². The molecule has 0 atom stereocenters. The van der Waals surface area contributed by atoms with Crippen molar-refractivity contribution >= 4 is 27.2 Å². The molecule has 0 heterocycles. The van der Waals surface area contributed by atoms with E-state index < -0.39 is 10.0 Å². The molecule has 1 aliphatic carbocycles. The molecule has 4 nitrogen and oxygen atoms in total. The predicted octanol–water partition coefficient (Wildman–Crippen LogP) is 2.32. The summed E-state index contributed by atoms with van der Waals surface area (Å²) in [5.41, 5.74) is 6.94. The maximum Gasteiger partial charge on any atom is 0.216 e. The molecule has 0 aromatic heterocycles. The van der Waals surface area contributed by atoms with Gasteiger partial charge in [0.05, 0.1) is 5.75 Å². The van der Waals surface area contributed by atoms with E-state index in [-0.39, 0.29) is 16.8 Å². The molecule has 0 radical (unpaired) electrons. The first-order chi connectivity index (χ1) is 9.87. The van der Waals surface area contributed by atoms with Gasteiger partial charge < -0.3 is 5.73 Å².